The van der Waals surface area contributed by atoms with Gasteiger partial charge >= 0.3 is 18.0 Å². The molecule has 0 bridgehead atoms. The average Bonchev–Trinajstić information content (AvgIpc) is 2.96. The molecule has 21 heavy (non-hydrogen) atoms. The molecule has 0 spiro atoms. The zero-order valence-corrected chi connectivity index (χ0v) is 11.4. The second-order valence-electron chi connectivity index (χ2n) is 4.57. The van der Waals surface area contributed by atoms with Gasteiger partial charge in [0.2, 0.25) is 0 Å². The molecule has 2 heterocycles. The van der Waals surface area contributed by atoms with Crippen LogP contribution in [0.2, 0.25) is 0 Å². The fourth-order valence-electron chi connectivity index (χ4n) is 2.21. The van der Waals surface area contributed by atoms with E-state index in [-0.39, 0.29) is 11.3 Å². The number of likely N-dealkylation sites (tertiary alicyclic amines) is 1. The third kappa shape index (κ3) is 3.28. The number of hydrogen-bond donors (Lipinski definition) is 2. The van der Waals surface area contributed by atoms with E-state index in [1.54, 1.807) is 0 Å². The number of nitrogens with zero attached hydrogens (tertiary/aromatic N) is 2. The van der Waals surface area contributed by atoms with E-state index < -0.39 is 24.0 Å². The van der Waals surface area contributed by atoms with Gasteiger partial charge in [0.05, 0.1) is 24.6 Å². The Hall–Kier alpha value is -2.64. The Kier molecular flexibility index (Phi) is 4.36. The molecule has 1 unspecified atom stereocenters. The summed E-state index contributed by atoms with van der Waals surface area (Å²) in [5.74, 6) is -1.59. The molecule has 1 aromatic rings. The van der Waals surface area contributed by atoms with Gasteiger partial charge in [-0.15, -0.1) is 0 Å². The zero-order chi connectivity index (χ0) is 15.4. The molecule has 1 atom stereocenters. The fourth-order valence-corrected chi connectivity index (χ4v) is 2.21. The van der Waals surface area contributed by atoms with Crippen molar-refractivity contribution < 1.29 is 24.2 Å². The van der Waals surface area contributed by atoms with Crippen molar-refractivity contribution >= 4 is 23.7 Å². The third-order valence-electron chi connectivity index (χ3n) is 3.22. The summed E-state index contributed by atoms with van der Waals surface area (Å²) < 4.78 is 4.66. The van der Waals surface area contributed by atoms with Crippen molar-refractivity contribution in [2.24, 2.45) is 0 Å². The molecule has 2 rings (SSSR count). The van der Waals surface area contributed by atoms with Gasteiger partial charge in [0.25, 0.3) is 0 Å². The lowest BCUT2D eigenvalue weighted by Gasteiger charge is -2.22. The summed E-state index contributed by atoms with van der Waals surface area (Å²) in [4.78, 5) is 39.7. The second kappa shape index (κ2) is 6.21. The highest BCUT2D eigenvalue weighted by atomic mass is 16.5. The van der Waals surface area contributed by atoms with Crippen LogP contribution in [0, 0.1) is 0 Å². The average molecular weight is 293 g/mol. The molecule has 0 aromatic carbocycles. The highest BCUT2D eigenvalue weighted by Crippen LogP contribution is 2.20. The van der Waals surface area contributed by atoms with Crippen LogP contribution in [0.25, 0.3) is 0 Å². The van der Waals surface area contributed by atoms with Gasteiger partial charge in [-0.3, -0.25) is 4.98 Å². The Balaban J connectivity index is 2.09. The lowest BCUT2D eigenvalue weighted by atomic mass is 10.2. The number of esters is 1. The molecule has 1 saturated heterocycles. The molecule has 0 radical (unpaired) electrons. The van der Waals surface area contributed by atoms with Crippen LogP contribution in [0.15, 0.2) is 18.5 Å². The number of hydrogen-bond acceptors (Lipinski definition) is 5. The van der Waals surface area contributed by atoms with Gasteiger partial charge in [-0.1, -0.05) is 0 Å². The van der Waals surface area contributed by atoms with E-state index >= 15 is 0 Å². The van der Waals surface area contributed by atoms with E-state index in [1.807, 2.05) is 0 Å². The van der Waals surface area contributed by atoms with Crippen molar-refractivity contribution in [2.75, 3.05) is 19.0 Å². The maximum absolute atomic E-state index is 12.2. The highest BCUT2D eigenvalue weighted by Gasteiger charge is 2.34. The smallest absolute Gasteiger partial charge is 0.337 e. The van der Waals surface area contributed by atoms with Gasteiger partial charge < -0.3 is 20.1 Å². The molecular formula is C13H15N3O5. The first-order chi connectivity index (χ1) is 10.0. The number of methoxy groups -OCH3 is 1. The normalized spacial score (nSPS) is 17.4. The Labute approximate surface area is 120 Å². The predicted octanol–water partition coefficient (Wildman–Crippen LogP) is 0.949. The van der Waals surface area contributed by atoms with Crippen molar-refractivity contribution in [2.45, 2.75) is 18.9 Å². The van der Waals surface area contributed by atoms with Crippen LogP contribution in [0.1, 0.15) is 23.2 Å². The minimum absolute atomic E-state index is 0.0289. The SMILES string of the molecule is COC(=O)C1CCCN1C(=O)Nc1cncc(C(=O)O)c1. The second-order valence-corrected chi connectivity index (χ2v) is 4.57. The van der Waals surface area contributed by atoms with Gasteiger partial charge in [0.15, 0.2) is 0 Å². The van der Waals surface area contributed by atoms with Crippen LogP contribution >= 0.6 is 0 Å². The number of aromatic carboxylic acids is 1. The van der Waals surface area contributed by atoms with Crippen LogP contribution in [0.4, 0.5) is 10.5 Å². The number of anilines is 1. The third-order valence-corrected chi connectivity index (χ3v) is 3.22. The Morgan fingerprint density at radius 3 is 2.86 bits per heavy atom. The Morgan fingerprint density at radius 1 is 1.43 bits per heavy atom. The number of amides is 2. The molecule has 1 aliphatic rings. The van der Waals surface area contributed by atoms with E-state index in [4.69, 9.17) is 5.11 Å². The maximum atomic E-state index is 12.2. The van der Waals surface area contributed by atoms with Crippen molar-refractivity contribution in [3.8, 4) is 0 Å². The predicted molar refractivity (Wildman–Crippen MR) is 72.0 cm³/mol. The summed E-state index contributed by atoms with van der Waals surface area (Å²) in [6, 6.07) is 0.217. The van der Waals surface area contributed by atoms with E-state index in [0.717, 1.165) is 0 Å². The molecule has 1 aliphatic heterocycles. The number of carbonyl (C=O) groups excluding carboxylic acids is 2. The maximum Gasteiger partial charge on any atom is 0.337 e. The van der Waals surface area contributed by atoms with Crippen LogP contribution in [-0.4, -0.2) is 52.7 Å². The van der Waals surface area contributed by atoms with Crippen molar-refractivity contribution in [3.05, 3.63) is 24.0 Å². The van der Waals surface area contributed by atoms with Crippen molar-refractivity contribution in [1.29, 1.82) is 0 Å². The number of carboxylic acid groups (broad SMARTS) is 1. The summed E-state index contributed by atoms with van der Waals surface area (Å²) in [6.07, 6.45) is 3.78. The first-order valence-electron chi connectivity index (χ1n) is 6.36. The summed E-state index contributed by atoms with van der Waals surface area (Å²) in [6.45, 7) is 0.442. The zero-order valence-electron chi connectivity index (χ0n) is 11.4. The highest BCUT2D eigenvalue weighted by molar-refractivity contribution is 5.94. The topological polar surface area (TPSA) is 109 Å². The summed E-state index contributed by atoms with van der Waals surface area (Å²) in [5, 5.41) is 11.4. The lowest BCUT2D eigenvalue weighted by molar-refractivity contribution is -0.144. The van der Waals surface area contributed by atoms with Crippen molar-refractivity contribution in [3.63, 3.8) is 0 Å². The molecule has 0 saturated carbocycles. The number of pyridine rings is 1. The number of ether oxygens (including phenoxy) is 1. The minimum Gasteiger partial charge on any atom is -0.478 e. The molecule has 1 aromatic heterocycles. The van der Waals surface area contributed by atoms with E-state index in [0.29, 0.717) is 19.4 Å². The molecule has 1 fully saturated rings. The van der Waals surface area contributed by atoms with Gasteiger partial charge in [0.1, 0.15) is 6.04 Å². The molecule has 112 valence electrons. The first-order valence-corrected chi connectivity index (χ1v) is 6.36. The standard InChI is InChI=1S/C13H15N3O5/c1-21-12(19)10-3-2-4-16(10)13(20)15-9-5-8(11(17)18)6-14-7-9/h5-7,10H,2-4H2,1H3,(H,15,20)(H,17,18). The molecule has 8 nitrogen and oxygen atoms in total. The molecular weight excluding hydrogens is 278 g/mol. The van der Waals surface area contributed by atoms with E-state index in [2.05, 4.69) is 15.0 Å². The number of rotatable bonds is 3. The van der Waals surface area contributed by atoms with Crippen LogP contribution in [0.3, 0.4) is 0 Å². The molecule has 8 heteroatoms. The summed E-state index contributed by atoms with van der Waals surface area (Å²) in [5.41, 5.74) is 0.231. The first kappa shape index (κ1) is 14.8. The Bertz CT molecular complexity index is 575. The lowest BCUT2D eigenvalue weighted by Crippen LogP contribution is -2.43. The van der Waals surface area contributed by atoms with Gasteiger partial charge in [-0.2, -0.15) is 0 Å². The number of aromatic nitrogens is 1. The number of nitrogens with one attached hydrogen (secondary N) is 1. The Morgan fingerprint density at radius 2 is 2.19 bits per heavy atom. The minimum atomic E-state index is -1.13. The molecule has 0 aliphatic carbocycles. The monoisotopic (exact) mass is 293 g/mol. The summed E-state index contributed by atoms with van der Waals surface area (Å²) in [7, 11) is 1.27. The number of urea groups is 1. The van der Waals surface area contributed by atoms with Crippen LogP contribution in [-0.2, 0) is 9.53 Å². The number of carboxylic acids is 1. The van der Waals surface area contributed by atoms with Crippen molar-refractivity contribution in [1.82, 2.24) is 9.88 Å². The summed E-state index contributed by atoms with van der Waals surface area (Å²) >= 11 is 0. The van der Waals surface area contributed by atoms with Crippen LogP contribution < -0.4 is 5.32 Å². The largest absolute Gasteiger partial charge is 0.478 e. The van der Waals surface area contributed by atoms with Crippen LogP contribution in [0.5, 0.6) is 0 Å². The molecule has 2 amide bonds. The van der Waals surface area contributed by atoms with Gasteiger partial charge in [-0.25, -0.2) is 14.4 Å². The van der Waals surface area contributed by atoms with Gasteiger partial charge in [-0.05, 0) is 18.9 Å². The fraction of sp³-hybridized carbons (Fsp3) is 0.385. The van der Waals surface area contributed by atoms with E-state index in [9.17, 15) is 14.4 Å². The quantitative estimate of drug-likeness (QED) is 0.803. The molecule has 2 N–H and O–H groups in total. The van der Waals surface area contributed by atoms with E-state index in [1.165, 1.54) is 30.5 Å². The van der Waals surface area contributed by atoms with Gasteiger partial charge in [0, 0.05) is 12.7 Å². The number of carbonyl (C=O) groups is 3.